The van der Waals surface area contributed by atoms with Crippen molar-refractivity contribution in [2.75, 3.05) is 0 Å². The molecule has 0 radical (unpaired) electrons. The molecular formula is CH2BFeNO3. The van der Waals surface area contributed by atoms with Crippen LogP contribution in [0.25, 0.3) is 0 Å². The van der Waals surface area contributed by atoms with E-state index in [-0.39, 0.29) is 15.3 Å². The first-order valence-electron chi connectivity index (χ1n) is 1.30. The van der Waals surface area contributed by atoms with Gasteiger partial charge in [0.1, 0.15) is 0 Å². The molecule has 0 saturated heterocycles. The number of hydrogen-bond donors (Lipinski definition) is 2. The van der Waals surface area contributed by atoms with Crippen LogP contribution in [-0.4, -0.2) is 17.4 Å². The maximum absolute atomic E-state index is 7.87. The Kier molecular flexibility index (Phi) is 4.10. The fourth-order valence-electron chi connectivity index (χ4n) is 0.0559. The molecular weight excluding hydrogens is 141 g/mol. The SMILES string of the molecule is N#[C][Fe][O]B(O)O. The van der Waals surface area contributed by atoms with Crippen LogP contribution in [-0.2, 0) is 19.0 Å². The van der Waals surface area contributed by atoms with Crippen LogP contribution in [0, 0.1) is 10.2 Å². The fourth-order valence-corrected chi connectivity index (χ4v) is 0.230. The summed E-state index contributed by atoms with van der Waals surface area (Å²) in [7, 11) is -1.82. The molecule has 0 bridgehead atoms. The summed E-state index contributed by atoms with van der Waals surface area (Å²) in [6.07, 6.45) is 0. The van der Waals surface area contributed by atoms with Gasteiger partial charge in [0, 0.05) is 0 Å². The van der Waals surface area contributed by atoms with Crippen LogP contribution in [0.3, 0.4) is 0 Å². The van der Waals surface area contributed by atoms with Crippen molar-refractivity contribution < 1.29 is 29.1 Å². The van der Waals surface area contributed by atoms with Crippen LogP contribution in [0.15, 0.2) is 0 Å². The van der Waals surface area contributed by atoms with E-state index in [1.807, 2.05) is 0 Å². The molecule has 0 aliphatic heterocycles. The zero-order valence-corrected chi connectivity index (χ0v) is 4.28. The van der Waals surface area contributed by atoms with Gasteiger partial charge in [0.05, 0.1) is 0 Å². The van der Waals surface area contributed by atoms with Gasteiger partial charge >= 0.3 is 46.6 Å². The summed E-state index contributed by atoms with van der Waals surface area (Å²) in [5, 5.41) is 23.4. The van der Waals surface area contributed by atoms with E-state index in [2.05, 4.69) is 3.74 Å². The van der Waals surface area contributed by atoms with Crippen molar-refractivity contribution in [1.82, 2.24) is 0 Å². The van der Waals surface area contributed by atoms with Crippen molar-refractivity contribution in [3.63, 3.8) is 0 Å². The third kappa shape index (κ3) is 5.95. The molecule has 0 fully saturated rings. The van der Waals surface area contributed by atoms with Gasteiger partial charge in [-0.3, -0.25) is 0 Å². The summed E-state index contributed by atoms with van der Waals surface area (Å²) in [4.78, 5) is 1.56. The van der Waals surface area contributed by atoms with Crippen LogP contribution in [0.2, 0.25) is 0 Å². The Morgan fingerprint density at radius 2 is 2.29 bits per heavy atom. The Labute approximate surface area is 47.4 Å². The van der Waals surface area contributed by atoms with E-state index in [0.29, 0.717) is 0 Å². The normalized spacial score (nSPS) is 8.14. The van der Waals surface area contributed by atoms with Gasteiger partial charge in [0.2, 0.25) is 0 Å². The van der Waals surface area contributed by atoms with Crippen molar-refractivity contribution in [2.24, 2.45) is 0 Å². The van der Waals surface area contributed by atoms with Crippen molar-refractivity contribution in [3.8, 4) is 4.97 Å². The van der Waals surface area contributed by atoms with Gasteiger partial charge in [-0.05, 0) is 0 Å². The standard InChI is InChI=1S/CN.BH2O3.Fe/c1-2;2-1(3)4;/h;2-3H;/q;-1;+1. The Bertz CT molecular complexity index is 79.5. The van der Waals surface area contributed by atoms with Crippen molar-refractivity contribution in [3.05, 3.63) is 0 Å². The summed E-state index contributed by atoms with van der Waals surface area (Å²) in [6, 6.07) is 0. The second-order valence-electron chi connectivity index (χ2n) is 0.561. The van der Waals surface area contributed by atoms with Gasteiger partial charge in [-0.15, -0.1) is 0 Å². The molecule has 0 unspecified atom stereocenters. The maximum atomic E-state index is 7.87. The van der Waals surface area contributed by atoms with Crippen LogP contribution in [0.4, 0.5) is 0 Å². The molecule has 0 saturated carbocycles. The molecule has 0 aromatic heterocycles. The van der Waals surface area contributed by atoms with Crippen molar-refractivity contribution >= 4 is 7.32 Å². The van der Waals surface area contributed by atoms with Crippen molar-refractivity contribution in [1.29, 1.82) is 5.26 Å². The third-order valence-corrected chi connectivity index (χ3v) is 0.612. The van der Waals surface area contributed by atoms with E-state index in [9.17, 15) is 0 Å². The summed E-state index contributed by atoms with van der Waals surface area (Å²) < 4.78 is 3.94. The average molecular weight is 143 g/mol. The van der Waals surface area contributed by atoms with Crippen LogP contribution in [0.5, 0.6) is 0 Å². The Hall–Kier alpha value is -0.0456. The van der Waals surface area contributed by atoms with Gasteiger partial charge in [0.15, 0.2) is 0 Å². The van der Waals surface area contributed by atoms with E-state index in [0.717, 1.165) is 0 Å². The zero-order valence-electron chi connectivity index (χ0n) is 3.18. The molecule has 0 amide bonds. The number of nitriles is 1. The quantitative estimate of drug-likeness (QED) is 0.458. The first-order chi connectivity index (χ1) is 3.27. The molecule has 0 aromatic rings. The van der Waals surface area contributed by atoms with E-state index >= 15 is 0 Å². The monoisotopic (exact) mass is 143 g/mol. The molecule has 2 N–H and O–H groups in total. The Balaban J connectivity index is 2.86. The van der Waals surface area contributed by atoms with Gasteiger partial charge in [-0.25, -0.2) is 0 Å². The van der Waals surface area contributed by atoms with E-state index in [1.54, 1.807) is 4.97 Å². The summed E-state index contributed by atoms with van der Waals surface area (Å²) in [6.45, 7) is 0. The van der Waals surface area contributed by atoms with E-state index in [1.165, 1.54) is 0 Å². The number of hydrogen-bond acceptors (Lipinski definition) is 4. The molecule has 4 nitrogen and oxygen atoms in total. The third-order valence-electron chi connectivity index (χ3n) is 0.148. The molecule has 7 heavy (non-hydrogen) atoms. The van der Waals surface area contributed by atoms with Gasteiger partial charge in [-0.2, -0.15) is 0 Å². The summed E-state index contributed by atoms with van der Waals surface area (Å²) >= 11 is -0.294. The van der Waals surface area contributed by atoms with Gasteiger partial charge in [-0.1, -0.05) is 0 Å². The van der Waals surface area contributed by atoms with Crippen LogP contribution < -0.4 is 0 Å². The summed E-state index contributed by atoms with van der Waals surface area (Å²) in [5.74, 6) is 0. The Morgan fingerprint density at radius 3 is 2.43 bits per heavy atom. The zero-order chi connectivity index (χ0) is 5.70. The first-order valence-corrected chi connectivity index (χ1v) is 2.30. The first kappa shape index (κ1) is 6.95. The molecule has 0 aromatic carbocycles. The second-order valence-corrected chi connectivity index (χ2v) is 1.29. The molecule has 6 heteroatoms. The van der Waals surface area contributed by atoms with Gasteiger partial charge < -0.3 is 0 Å². The number of nitrogens with zero attached hydrogens (tertiary/aromatic N) is 1. The van der Waals surface area contributed by atoms with Crippen LogP contribution in [0.1, 0.15) is 0 Å². The molecule has 0 atom stereocenters. The minimum atomic E-state index is -1.82. The number of rotatable bonds is 2. The van der Waals surface area contributed by atoms with Crippen LogP contribution >= 0.6 is 0 Å². The topological polar surface area (TPSA) is 73.5 Å². The van der Waals surface area contributed by atoms with E-state index < -0.39 is 7.32 Å². The van der Waals surface area contributed by atoms with Gasteiger partial charge in [0.25, 0.3) is 0 Å². The minimum absolute atomic E-state index is 0.294. The molecule has 40 valence electrons. The van der Waals surface area contributed by atoms with E-state index in [4.69, 9.17) is 15.3 Å². The Morgan fingerprint density at radius 1 is 1.71 bits per heavy atom. The summed E-state index contributed by atoms with van der Waals surface area (Å²) in [5.41, 5.74) is 0. The predicted molar refractivity (Wildman–Crippen MR) is 16.9 cm³/mol. The molecule has 0 aliphatic carbocycles. The molecule has 0 rings (SSSR count). The molecule has 0 heterocycles. The average Bonchev–Trinajstić information content (AvgIpc) is 1.61. The molecule has 0 aliphatic rings. The van der Waals surface area contributed by atoms with Crippen molar-refractivity contribution in [2.45, 2.75) is 0 Å². The molecule has 0 spiro atoms. The fraction of sp³-hybridized carbons (Fsp3) is 0. The predicted octanol–water partition coefficient (Wildman–Crippen LogP) is -1.55. The second kappa shape index (κ2) is 4.12.